The van der Waals surface area contributed by atoms with Gasteiger partial charge in [-0.25, -0.2) is 4.79 Å². The first-order valence-corrected chi connectivity index (χ1v) is 15.3. The maximum Gasteiger partial charge on any atom is 0.327 e. The van der Waals surface area contributed by atoms with Crippen molar-refractivity contribution in [2.24, 2.45) is 5.92 Å². The minimum atomic E-state index is -1.17. The third kappa shape index (κ3) is 20.8. The molecule has 0 heterocycles. The number of nitrogens with one attached hydrogen (secondary N) is 1. The first-order chi connectivity index (χ1) is 20.5. The molecule has 0 radical (unpaired) electrons. The monoisotopic (exact) mass is 615 g/mol. The number of carbonyl (C=O) groups excluding carboxylic acids is 2. The zero-order valence-corrected chi connectivity index (χ0v) is 25.7. The molecule has 0 aliphatic carbocycles. The van der Waals surface area contributed by atoms with Gasteiger partial charge in [0, 0.05) is 31.1 Å². The van der Waals surface area contributed by atoms with Crippen molar-refractivity contribution in [3.8, 4) is 0 Å². The average Bonchev–Trinajstić information content (AvgIpc) is 2.98. The van der Waals surface area contributed by atoms with Crippen molar-refractivity contribution in [2.75, 3.05) is 85.0 Å². The molecule has 12 heteroatoms. The Morgan fingerprint density at radius 3 is 1.69 bits per heavy atom. The Morgan fingerprint density at radius 2 is 1.24 bits per heavy atom. The van der Waals surface area contributed by atoms with Gasteiger partial charge in [0.15, 0.2) is 0 Å². The van der Waals surface area contributed by atoms with E-state index < -0.39 is 23.8 Å². The van der Waals surface area contributed by atoms with Crippen LogP contribution < -0.4 is 5.32 Å². The number of carboxylic acids is 1. The molecule has 42 heavy (non-hydrogen) atoms. The van der Waals surface area contributed by atoms with Gasteiger partial charge in [-0.1, -0.05) is 43.7 Å². The molecule has 2 N–H and O–H groups in total. The van der Waals surface area contributed by atoms with E-state index >= 15 is 0 Å². The first kappa shape index (κ1) is 38.0. The molecule has 0 saturated heterocycles. The summed E-state index contributed by atoms with van der Waals surface area (Å²) < 4.78 is 32.7. The number of aliphatic carboxylic acids is 1. The van der Waals surface area contributed by atoms with Gasteiger partial charge in [0.2, 0.25) is 5.91 Å². The van der Waals surface area contributed by atoms with Gasteiger partial charge in [-0.2, -0.15) is 12.6 Å². The largest absolute Gasteiger partial charge is 0.480 e. The summed E-state index contributed by atoms with van der Waals surface area (Å²) in [5.74, 6) is -2.52. The minimum absolute atomic E-state index is 0.0122. The highest BCUT2D eigenvalue weighted by Crippen LogP contribution is 2.15. The summed E-state index contributed by atoms with van der Waals surface area (Å²) in [6.07, 6.45) is 2.66. The van der Waals surface area contributed by atoms with Crippen LogP contribution in [0.3, 0.4) is 0 Å². The molecule has 11 nitrogen and oxygen atoms in total. The van der Waals surface area contributed by atoms with Gasteiger partial charge in [0.05, 0.1) is 72.7 Å². The predicted octanol–water partition coefficient (Wildman–Crippen LogP) is 2.59. The van der Waals surface area contributed by atoms with Gasteiger partial charge >= 0.3 is 5.97 Å². The molecule has 2 atom stereocenters. The van der Waals surface area contributed by atoms with E-state index in [-0.39, 0.29) is 31.0 Å². The fourth-order valence-corrected chi connectivity index (χ4v) is 3.89. The summed E-state index contributed by atoms with van der Waals surface area (Å²) >= 11 is 3.99. The third-order valence-electron chi connectivity index (χ3n) is 5.99. The van der Waals surface area contributed by atoms with E-state index in [0.717, 1.165) is 25.0 Å². The average molecular weight is 616 g/mol. The van der Waals surface area contributed by atoms with Crippen molar-refractivity contribution in [1.29, 1.82) is 0 Å². The van der Waals surface area contributed by atoms with E-state index in [2.05, 4.69) is 24.9 Å². The quantitative estimate of drug-likeness (QED) is 0.0911. The van der Waals surface area contributed by atoms with Crippen LogP contribution in [0.5, 0.6) is 0 Å². The number of amides is 1. The molecule has 0 unspecified atom stereocenters. The summed E-state index contributed by atoms with van der Waals surface area (Å²) in [6, 6.07) is 8.17. The Labute approximate surface area is 255 Å². The maximum atomic E-state index is 12.8. The van der Waals surface area contributed by atoms with E-state index in [1.54, 1.807) is 0 Å². The van der Waals surface area contributed by atoms with Crippen LogP contribution in [0.15, 0.2) is 30.3 Å². The SMILES string of the molecule is CCCCOCCOCCOCCOCCOCCOCCC(=O)C[C@@H](Cc1ccccc1)C(=O)N[C@@H](CS)C(=O)O. The molecule has 1 aromatic rings. The lowest BCUT2D eigenvalue weighted by Crippen LogP contribution is -2.45. The Bertz CT molecular complexity index is 830. The molecule has 0 spiro atoms. The molecule has 0 aliphatic heterocycles. The number of Topliss-reactive ketones (excluding diaryl/α,β-unsaturated/α-hetero) is 1. The third-order valence-corrected chi connectivity index (χ3v) is 6.36. The number of carboxylic acid groups (broad SMARTS) is 1. The van der Waals surface area contributed by atoms with Crippen LogP contribution >= 0.6 is 12.6 Å². The van der Waals surface area contributed by atoms with E-state index in [1.807, 2.05) is 30.3 Å². The lowest BCUT2D eigenvalue weighted by atomic mass is 9.92. The molecule has 0 saturated carbocycles. The molecule has 0 aliphatic rings. The molecule has 1 rings (SSSR count). The Morgan fingerprint density at radius 1 is 0.762 bits per heavy atom. The van der Waals surface area contributed by atoms with Gasteiger partial charge < -0.3 is 38.8 Å². The molecule has 0 bridgehead atoms. The van der Waals surface area contributed by atoms with Crippen LogP contribution in [0.2, 0.25) is 0 Å². The first-order valence-electron chi connectivity index (χ1n) is 14.6. The normalized spacial score (nSPS) is 12.6. The number of hydrogen-bond donors (Lipinski definition) is 3. The van der Waals surface area contributed by atoms with Gasteiger partial charge in [-0.05, 0) is 18.4 Å². The van der Waals surface area contributed by atoms with Crippen molar-refractivity contribution < 1.29 is 47.9 Å². The highest BCUT2D eigenvalue weighted by atomic mass is 32.1. The van der Waals surface area contributed by atoms with Crippen LogP contribution in [-0.4, -0.2) is 114 Å². The molecule has 1 amide bonds. The van der Waals surface area contributed by atoms with Gasteiger partial charge in [0.1, 0.15) is 11.8 Å². The second kappa shape index (κ2) is 26.6. The van der Waals surface area contributed by atoms with Gasteiger partial charge in [-0.3, -0.25) is 9.59 Å². The van der Waals surface area contributed by atoms with E-state index in [9.17, 15) is 19.5 Å². The zero-order chi connectivity index (χ0) is 30.7. The number of unbranched alkanes of at least 4 members (excludes halogenated alkanes) is 1. The second-order valence-electron chi connectivity index (χ2n) is 9.49. The highest BCUT2D eigenvalue weighted by molar-refractivity contribution is 7.80. The van der Waals surface area contributed by atoms with Crippen LogP contribution in [0.25, 0.3) is 0 Å². The fourth-order valence-electron chi connectivity index (χ4n) is 3.64. The van der Waals surface area contributed by atoms with Crippen LogP contribution in [0.1, 0.15) is 38.2 Å². The number of carbonyl (C=O) groups is 3. The Hall–Kier alpha value is -2.06. The summed E-state index contributed by atoms with van der Waals surface area (Å²) in [7, 11) is 0. The number of ether oxygens (including phenoxy) is 6. The Balaban J connectivity index is 2.07. The van der Waals surface area contributed by atoms with E-state index in [0.29, 0.717) is 72.5 Å². The molecule has 0 aromatic heterocycles. The predicted molar refractivity (Wildman–Crippen MR) is 161 cm³/mol. The summed E-state index contributed by atoms with van der Waals surface area (Å²) in [4.78, 5) is 36.6. The van der Waals surface area contributed by atoms with Crippen molar-refractivity contribution >= 4 is 30.3 Å². The second-order valence-corrected chi connectivity index (χ2v) is 9.85. The van der Waals surface area contributed by atoms with Gasteiger partial charge in [-0.15, -0.1) is 0 Å². The van der Waals surface area contributed by atoms with Crippen molar-refractivity contribution in [2.45, 2.75) is 45.1 Å². The number of benzene rings is 1. The standard InChI is InChI=1S/C30H49NO10S/c1-2-3-10-36-12-14-38-16-18-40-20-21-41-19-17-39-15-13-37-11-9-27(32)23-26(22-25-7-5-4-6-8-25)29(33)31-28(24-42)30(34)35/h4-8,26,28,42H,2-3,9-24H2,1H3,(H,31,33)(H,34,35)/t26-,28+/m1/s1. The lowest BCUT2D eigenvalue weighted by molar-refractivity contribution is -0.142. The topological polar surface area (TPSA) is 139 Å². The molecule has 240 valence electrons. The highest BCUT2D eigenvalue weighted by Gasteiger charge is 2.26. The zero-order valence-electron chi connectivity index (χ0n) is 24.8. The Kier molecular flexibility index (Phi) is 24.0. The smallest absolute Gasteiger partial charge is 0.327 e. The van der Waals surface area contributed by atoms with Crippen molar-refractivity contribution in [3.63, 3.8) is 0 Å². The number of ketones is 1. The van der Waals surface area contributed by atoms with Crippen LogP contribution in [-0.2, 0) is 49.2 Å². The maximum absolute atomic E-state index is 12.8. The fraction of sp³-hybridized carbons (Fsp3) is 0.700. The van der Waals surface area contributed by atoms with Crippen molar-refractivity contribution in [1.82, 2.24) is 5.32 Å². The van der Waals surface area contributed by atoms with Gasteiger partial charge in [0.25, 0.3) is 0 Å². The summed E-state index contributed by atoms with van der Waals surface area (Å²) in [5, 5.41) is 11.7. The van der Waals surface area contributed by atoms with Crippen LogP contribution in [0.4, 0.5) is 0 Å². The molecule has 1 aromatic carbocycles. The van der Waals surface area contributed by atoms with E-state index in [4.69, 9.17) is 28.4 Å². The summed E-state index contributed by atoms with van der Waals surface area (Å²) in [6.45, 7) is 7.84. The number of rotatable bonds is 29. The number of thiol groups is 1. The van der Waals surface area contributed by atoms with Crippen molar-refractivity contribution in [3.05, 3.63) is 35.9 Å². The lowest BCUT2D eigenvalue weighted by Gasteiger charge is -2.19. The molecular formula is C30H49NO10S. The summed E-state index contributed by atoms with van der Waals surface area (Å²) in [5.41, 5.74) is 0.887. The van der Waals surface area contributed by atoms with E-state index in [1.165, 1.54) is 0 Å². The number of hydrogen-bond acceptors (Lipinski definition) is 10. The minimum Gasteiger partial charge on any atom is -0.480 e. The molecule has 0 fully saturated rings. The molecular weight excluding hydrogens is 566 g/mol. The van der Waals surface area contributed by atoms with Crippen LogP contribution in [0, 0.1) is 5.92 Å².